The number of hydrogen-bond donors (Lipinski definition) is 1. The number of rotatable bonds is 1. The van der Waals surface area contributed by atoms with Crippen molar-refractivity contribution in [2.45, 2.75) is 0 Å². The molecule has 1 aliphatic rings. The molecule has 3 nitrogen and oxygen atoms in total. The molecule has 0 spiro atoms. The van der Waals surface area contributed by atoms with E-state index >= 15 is 0 Å². The van der Waals surface area contributed by atoms with E-state index in [-0.39, 0.29) is 0 Å². The Kier molecular flexibility index (Phi) is 1.70. The molecule has 1 aromatic heterocycles. The zero-order chi connectivity index (χ0) is 8.39. The summed E-state index contributed by atoms with van der Waals surface area (Å²) in [5.41, 5.74) is 1.14. The maximum Gasteiger partial charge on any atom is 0.153 e. The molecule has 1 aromatic rings. The van der Waals surface area contributed by atoms with Gasteiger partial charge in [0.05, 0.1) is 5.70 Å². The van der Waals surface area contributed by atoms with Crippen LogP contribution in [0.15, 0.2) is 30.6 Å². The summed E-state index contributed by atoms with van der Waals surface area (Å²) < 4.78 is 0. The van der Waals surface area contributed by atoms with Crippen LogP contribution in [0.2, 0.25) is 0 Å². The van der Waals surface area contributed by atoms with E-state index in [4.69, 9.17) is 0 Å². The Bertz CT molecular complexity index is 309. The highest BCUT2D eigenvalue weighted by molar-refractivity contribution is 5.61. The molecule has 0 radical (unpaired) electrons. The van der Waals surface area contributed by atoms with E-state index in [0.717, 1.165) is 18.1 Å². The minimum absolute atomic E-state index is 0.932. The van der Waals surface area contributed by atoms with Crippen LogP contribution in [0.5, 0.6) is 0 Å². The van der Waals surface area contributed by atoms with Crippen molar-refractivity contribution >= 4 is 5.70 Å². The van der Waals surface area contributed by atoms with Gasteiger partial charge in [-0.25, -0.2) is 4.98 Å². The topological polar surface area (TPSA) is 31.9 Å². The molecule has 0 amide bonds. The summed E-state index contributed by atoms with van der Waals surface area (Å²) in [4.78, 5) is 9.42. The summed E-state index contributed by atoms with van der Waals surface area (Å²) in [5.74, 6) is 0.932. The van der Waals surface area contributed by atoms with Crippen LogP contribution < -0.4 is 0 Å². The van der Waals surface area contributed by atoms with Gasteiger partial charge in [-0.1, -0.05) is 12.2 Å². The van der Waals surface area contributed by atoms with Gasteiger partial charge in [0.2, 0.25) is 0 Å². The van der Waals surface area contributed by atoms with Gasteiger partial charge in [0.15, 0.2) is 5.82 Å². The van der Waals surface area contributed by atoms with Gasteiger partial charge in [0, 0.05) is 26.0 Å². The molecule has 12 heavy (non-hydrogen) atoms. The molecule has 0 bridgehead atoms. The molecule has 1 aliphatic heterocycles. The van der Waals surface area contributed by atoms with E-state index in [0.29, 0.717) is 0 Å². The third-order valence-corrected chi connectivity index (χ3v) is 1.92. The lowest BCUT2D eigenvalue weighted by Crippen LogP contribution is -2.19. The summed E-state index contributed by atoms with van der Waals surface area (Å²) in [5, 5.41) is 0. The van der Waals surface area contributed by atoms with Crippen LogP contribution in [-0.2, 0) is 0 Å². The molecule has 0 unspecified atom stereocenters. The number of H-pyrrole nitrogens is 1. The van der Waals surface area contributed by atoms with Gasteiger partial charge in [-0.15, -0.1) is 0 Å². The Morgan fingerprint density at radius 2 is 2.50 bits per heavy atom. The van der Waals surface area contributed by atoms with Gasteiger partial charge < -0.3 is 9.88 Å². The molecule has 0 atom stereocenters. The first-order valence-electron chi connectivity index (χ1n) is 3.95. The van der Waals surface area contributed by atoms with Gasteiger partial charge >= 0.3 is 0 Å². The van der Waals surface area contributed by atoms with Crippen molar-refractivity contribution < 1.29 is 0 Å². The summed E-state index contributed by atoms with van der Waals surface area (Å²) in [7, 11) is 2.05. The van der Waals surface area contributed by atoms with Crippen LogP contribution in [0.3, 0.4) is 0 Å². The quantitative estimate of drug-likeness (QED) is 0.672. The van der Waals surface area contributed by atoms with Crippen LogP contribution in [0.1, 0.15) is 5.82 Å². The second-order valence-electron chi connectivity index (χ2n) is 2.80. The molecule has 62 valence electrons. The number of nitrogens with zero attached hydrogens (tertiary/aromatic N) is 2. The molecule has 2 rings (SSSR count). The first kappa shape index (κ1) is 7.16. The van der Waals surface area contributed by atoms with Crippen molar-refractivity contribution in [3.63, 3.8) is 0 Å². The van der Waals surface area contributed by atoms with Gasteiger partial charge in [-0.3, -0.25) is 0 Å². The fourth-order valence-electron chi connectivity index (χ4n) is 1.27. The Hall–Kier alpha value is -1.51. The van der Waals surface area contributed by atoms with Crippen molar-refractivity contribution in [1.82, 2.24) is 14.9 Å². The number of imidazole rings is 1. The molecular formula is C9H11N3. The van der Waals surface area contributed by atoms with Gasteiger partial charge in [-0.2, -0.15) is 0 Å². The summed E-state index contributed by atoms with van der Waals surface area (Å²) in [6.45, 7) is 0.951. The molecule has 1 N–H and O–H groups in total. The van der Waals surface area contributed by atoms with Gasteiger partial charge in [-0.05, 0) is 6.08 Å². The lowest BCUT2D eigenvalue weighted by Gasteiger charge is -2.21. The minimum atomic E-state index is 0.932. The highest BCUT2D eigenvalue weighted by Gasteiger charge is 2.09. The standard InChI is InChI=1S/C9H11N3/c1-12-7-3-2-4-8(12)9-10-5-6-11-9/h2-6H,7H2,1H3,(H,10,11). The first-order chi connectivity index (χ1) is 5.88. The summed E-state index contributed by atoms with van der Waals surface area (Å²) >= 11 is 0. The van der Waals surface area contributed by atoms with E-state index < -0.39 is 0 Å². The molecule has 0 fully saturated rings. The highest BCUT2D eigenvalue weighted by Crippen LogP contribution is 2.15. The SMILES string of the molecule is CN1CC=CC=C1c1ncc[nH]1. The van der Waals surface area contributed by atoms with Crippen LogP contribution in [0, 0.1) is 0 Å². The number of allylic oxidation sites excluding steroid dienone is 2. The zero-order valence-corrected chi connectivity index (χ0v) is 6.99. The monoisotopic (exact) mass is 161 g/mol. The summed E-state index contributed by atoms with van der Waals surface area (Å²) in [6, 6.07) is 0. The van der Waals surface area contributed by atoms with Crippen LogP contribution in [0.4, 0.5) is 0 Å². The maximum atomic E-state index is 4.19. The summed E-state index contributed by atoms with van der Waals surface area (Å²) in [6.07, 6.45) is 9.83. The number of likely N-dealkylation sites (N-methyl/N-ethyl adjacent to an activating group) is 1. The highest BCUT2D eigenvalue weighted by atomic mass is 15.1. The minimum Gasteiger partial charge on any atom is -0.368 e. The third-order valence-electron chi connectivity index (χ3n) is 1.92. The normalized spacial score (nSPS) is 16.4. The van der Waals surface area contributed by atoms with Crippen molar-refractivity contribution in [2.24, 2.45) is 0 Å². The number of aromatic nitrogens is 2. The van der Waals surface area contributed by atoms with E-state index in [2.05, 4.69) is 40.1 Å². The average Bonchev–Trinajstić information content (AvgIpc) is 2.57. The van der Waals surface area contributed by atoms with Gasteiger partial charge in [0.25, 0.3) is 0 Å². The number of hydrogen-bond acceptors (Lipinski definition) is 2. The number of nitrogens with one attached hydrogen (secondary N) is 1. The predicted octanol–water partition coefficient (Wildman–Crippen LogP) is 1.25. The Labute approximate surface area is 71.4 Å². The van der Waals surface area contributed by atoms with Crippen molar-refractivity contribution in [3.8, 4) is 0 Å². The lowest BCUT2D eigenvalue weighted by molar-refractivity contribution is 0.527. The van der Waals surface area contributed by atoms with Crippen molar-refractivity contribution in [2.75, 3.05) is 13.6 Å². The Morgan fingerprint density at radius 1 is 1.58 bits per heavy atom. The average molecular weight is 161 g/mol. The number of aromatic amines is 1. The maximum absolute atomic E-state index is 4.19. The molecule has 0 saturated heterocycles. The molecular weight excluding hydrogens is 150 g/mol. The van der Waals surface area contributed by atoms with Gasteiger partial charge in [0.1, 0.15) is 0 Å². The largest absolute Gasteiger partial charge is 0.368 e. The molecule has 3 heteroatoms. The lowest BCUT2D eigenvalue weighted by atomic mass is 10.2. The Balaban J connectivity index is 2.34. The van der Waals surface area contributed by atoms with E-state index in [9.17, 15) is 0 Å². The molecule has 0 aromatic carbocycles. The van der Waals surface area contributed by atoms with Crippen LogP contribution >= 0.6 is 0 Å². The molecule has 0 aliphatic carbocycles. The molecule has 2 heterocycles. The first-order valence-corrected chi connectivity index (χ1v) is 3.95. The third kappa shape index (κ3) is 1.13. The van der Waals surface area contributed by atoms with Crippen LogP contribution in [0.25, 0.3) is 5.70 Å². The smallest absolute Gasteiger partial charge is 0.153 e. The second kappa shape index (κ2) is 2.85. The van der Waals surface area contributed by atoms with Crippen LogP contribution in [-0.4, -0.2) is 28.5 Å². The predicted molar refractivity (Wildman–Crippen MR) is 48.3 cm³/mol. The van der Waals surface area contributed by atoms with Crippen molar-refractivity contribution in [1.29, 1.82) is 0 Å². The molecule has 0 saturated carbocycles. The van der Waals surface area contributed by atoms with E-state index in [1.165, 1.54) is 0 Å². The Morgan fingerprint density at radius 3 is 3.17 bits per heavy atom. The second-order valence-corrected chi connectivity index (χ2v) is 2.80. The zero-order valence-electron chi connectivity index (χ0n) is 6.99. The van der Waals surface area contributed by atoms with Crippen molar-refractivity contribution in [3.05, 3.63) is 36.4 Å². The fraction of sp³-hybridized carbons (Fsp3) is 0.222. The van der Waals surface area contributed by atoms with E-state index in [1.807, 2.05) is 6.20 Å². The fourth-order valence-corrected chi connectivity index (χ4v) is 1.27. The van der Waals surface area contributed by atoms with E-state index in [1.54, 1.807) is 6.20 Å².